The third-order valence-electron chi connectivity index (χ3n) is 2.79. The van der Waals surface area contributed by atoms with E-state index >= 15 is 0 Å². The summed E-state index contributed by atoms with van der Waals surface area (Å²) >= 11 is 5.98. The highest BCUT2D eigenvalue weighted by atomic mass is 35.5. The predicted octanol–water partition coefficient (Wildman–Crippen LogP) is 1.62. The molecule has 0 saturated heterocycles. The number of hydrogen-bond donors (Lipinski definition) is 2. The first-order valence-corrected chi connectivity index (χ1v) is 5.38. The molecule has 5 heteroatoms. The van der Waals surface area contributed by atoms with E-state index in [1.807, 2.05) is 6.07 Å². The van der Waals surface area contributed by atoms with Crippen LogP contribution in [-0.2, 0) is 4.79 Å². The molecule has 3 N–H and O–H groups in total. The second-order valence-corrected chi connectivity index (χ2v) is 4.17. The Morgan fingerprint density at radius 2 is 2.38 bits per heavy atom. The molecule has 0 bridgehead atoms. The van der Waals surface area contributed by atoms with Crippen LogP contribution in [0.3, 0.4) is 0 Å². The topological polar surface area (TPSA) is 72.6 Å². The number of halogens is 1. The van der Waals surface area contributed by atoms with Crippen molar-refractivity contribution in [2.75, 3.05) is 6.61 Å². The van der Waals surface area contributed by atoms with Gasteiger partial charge in [-0.1, -0.05) is 23.7 Å². The molecule has 0 aliphatic carbocycles. The number of carbonyl (C=O) groups is 1. The minimum absolute atomic E-state index is 0.236. The third kappa shape index (κ3) is 1.86. The number of benzene rings is 1. The summed E-state index contributed by atoms with van der Waals surface area (Å²) in [6.07, 6.45) is 0.598. The van der Waals surface area contributed by atoms with E-state index in [9.17, 15) is 4.79 Å². The molecule has 1 aliphatic heterocycles. The molecule has 0 amide bonds. The lowest BCUT2D eigenvalue weighted by Crippen LogP contribution is -2.38. The van der Waals surface area contributed by atoms with Gasteiger partial charge in [0.2, 0.25) is 0 Å². The SMILES string of the molecule is NC(C(=O)O)C1CCOc2c(Cl)cccc21. The van der Waals surface area contributed by atoms with Gasteiger partial charge in [-0.15, -0.1) is 0 Å². The van der Waals surface area contributed by atoms with Crippen molar-refractivity contribution in [3.8, 4) is 5.75 Å². The van der Waals surface area contributed by atoms with E-state index in [2.05, 4.69) is 0 Å². The monoisotopic (exact) mass is 241 g/mol. The Balaban J connectivity index is 2.40. The zero-order valence-corrected chi connectivity index (χ0v) is 9.28. The fourth-order valence-corrected chi connectivity index (χ4v) is 2.19. The normalized spacial score (nSPS) is 20.8. The van der Waals surface area contributed by atoms with Gasteiger partial charge in [0.15, 0.2) is 0 Å². The minimum Gasteiger partial charge on any atom is -0.492 e. The summed E-state index contributed by atoms with van der Waals surface area (Å²) in [6, 6.07) is 4.39. The highest BCUT2D eigenvalue weighted by Gasteiger charge is 2.31. The van der Waals surface area contributed by atoms with Gasteiger partial charge in [-0.2, -0.15) is 0 Å². The molecule has 0 aromatic heterocycles. The first-order valence-electron chi connectivity index (χ1n) is 5.01. The Morgan fingerprint density at radius 3 is 3.06 bits per heavy atom. The molecule has 0 fully saturated rings. The van der Waals surface area contributed by atoms with Gasteiger partial charge in [-0.3, -0.25) is 4.79 Å². The smallest absolute Gasteiger partial charge is 0.321 e. The van der Waals surface area contributed by atoms with E-state index in [1.54, 1.807) is 12.1 Å². The van der Waals surface area contributed by atoms with Gasteiger partial charge in [-0.05, 0) is 12.5 Å². The zero-order valence-electron chi connectivity index (χ0n) is 8.52. The largest absolute Gasteiger partial charge is 0.492 e. The average Bonchev–Trinajstić information content (AvgIpc) is 2.28. The number of carboxylic acids is 1. The molecule has 2 atom stereocenters. The predicted molar refractivity (Wildman–Crippen MR) is 59.9 cm³/mol. The highest BCUT2D eigenvalue weighted by Crippen LogP contribution is 2.39. The molecule has 0 radical (unpaired) electrons. The first-order chi connectivity index (χ1) is 7.61. The summed E-state index contributed by atoms with van der Waals surface area (Å²) in [7, 11) is 0. The molecule has 86 valence electrons. The Kier molecular flexibility index (Phi) is 3.03. The van der Waals surface area contributed by atoms with Gasteiger partial charge in [0.1, 0.15) is 11.8 Å². The number of ether oxygens (including phenoxy) is 1. The maximum Gasteiger partial charge on any atom is 0.321 e. The van der Waals surface area contributed by atoms with E-state index in [0.29, 0.717) is 23.8 Å². The Bertz CT molecular complexity index is 422. The van der Waals surface area contributed by atoms with Crippen molar-refractivity contribution in [1.29, 1.82) is 0 Å². The summed E-state index contributed by atoms with van der Waals surface area (Å²) in [6.45, 7) is 0.447. The molecule has 1 aromatic rings. The van der Waals surface area contributed by atoms with E-state index in [-0.39, 0.29) is 5.92 Å². The van der Waals surface area contributed by atoms with E-state index in [4.69, 9.17) is 27.2 Å². The van der Waals surface area contributed by atoms with Crippen molar-refractivity contribution in [1.82, 2.24) is 0 Å². The molecular weight excluding hydrogens is 230 g/mol. The van der Waals surface area contributed by atoms with Crippen molar-refractivity contribution >= 4 is 17.6 Å². The molecule has 0 spiro atoms. The number of fused-ring (bicyclic) bond motifs is 1. The lowest BCUT2D eigenvalue weighted by Gasteiger charge is -2.28. The molecule has 4 nitrogen and oxygen atoms in total. The summed E-state index contributed by atoms with van der Waals surface area (Å²) in [5, 5.41) is 9.43. The van der Waals surface area contributed by atoms with Crippen LogP contribution in [0.2, 0.25) is 5.02 Å². The number of nitrogens with two attached hydrogens (primary N) is 1. The Labute approximate surface area is 98.0 Å². The summed E-state index contributed by atoms with van der Waals surface area (Å²) < 4.78 is 5.43. The van der Waals surface area contributed by atoms with Crippen LogP contribution in [0.15, 0.2) is 18.2 Å². The first kappa shape index (κ1) is 11.2. The summed E-state index contributed by atoms with van der Waals surface area (Å²) in [5.41, 5.74) is 6.44. The van der Waals surface area contributed by atoms with E-state index in [0.717, 1.165) is 5.56 Å². The number of para-hydroxylation sites is 1. The highest BCUT2D eigenvalue weighted by molar-refractivity contribution is 6.32. The average molecular weight is 242 g/mol. The molecule has 16 heavy (non-hydrogen) atoms. The van der Waals surface area contributed by atoms with Crippen LogP contribution in [0.5, 0.6) is 5.75 Å². The van der Waals surface area contributed by atoms with Gasteiger partial charge in [-0.25, -0.2) is 0 Å². The van der Waals surface area contributed by atoms with Gasteiger partial charge < -0.3 is 15.6 Å². The van der Waals surface area contributed by atoms with Gasteiger partial charge >= 0.3 is 5.97 Å². The van der Waals surface area contributed by atoms with Crippen LogP contribution in [0.4, 0.5) is 0 Å². The molecular formula is C11H12ClNO3. The molecule has 2 unspecified atom stereocenters. The second kappa shape index (κ2) is 4.31. The lowest BCUT2D eigenvalue weighted by atomic mass is 9.87. The second-order valence-electron chi connectivity index (χ2n) is 3.77. The van der Waals surface area contributed by atoms with Crippen molar-refractivity contribution in [2.45, 2.75) is 18.4 Å². The summed E-state index contributed by atoms with van der Waals surface area (Å²) in [4.78, 5) is 10.9. The van der Waals surface area contributed by atoms with Crippen molar-refractivity contribution in [3.05, 3.63) is 28.8 Å². The van der Waals surface area contributed by atoms with Gasteiger partial charge in [0.05, 0.1) is 11.6 Å². The van der Waals surface area contributed by atoms with Crippen LogP contribution < -0.4 is 10.5 Å². The molecule has 0 saturated carbocycles. The van der Waals surface area contributed by atoms with E-state index in [1.165, 1.54) is 0 Å². The van der Waals surface area contributed by atoms with Crippen LogP contribution in [0.1, 0.15) is 17.9 Å². The van der Waals surface area contributed by atoms with Crippen LogP contribution in [-0.4, -0.2) is 23.7 Å². The minimum atomic E-state index is -1.00. The zero-order chi connectivity index (χ0) is 11.7. The Morgan fingerprint density at radius 1 is 1.62 bits per heavy atom. The number of aliphatic carboxylic acids is 1. The standard InChI is InChI=1S/C11H12ClNO3/c12-8-3-1-2-7-6(9(13)11(14)15)4-5-16-10(7)8/h1-3,6,9H,4-5,13H2,(H,14,15). The molecule has 1 heterocycles. The molecule has 1 aliphatic rings. The quantitative estimate of drug-likeness (QED) is 0.825. The summed E-state index contributed by atoms with van der Waals surface area (Å²) in [5.74, 6) is -0.671. The van der Waals surface area contributed by atoms with E-state index < -0.39 is 12.0 Å². The van der Waals surface area contributed by atoms with Crippen molar-refractivity contribution in [3.63, 3.8) is 0 Å². The lowest BCUT2D eigenvalue weighted by molar-refractivity contribution is -0.139. The molecule has 1 aromatic carbocycles. The Hall–Kier alpha value is -1.26. The van der Waals surface area contributed by atoms with Crippen LogP contribution in [0, 0.1) is 0 Å². The van der Waals surface area contributed by atoms with Crippen LogP contribution >= 0.6 is 11.6 Å². The number of carboxylic acid groups (broad SMARTS) is 1. The van der Waals surface area contributed by atoms with Crippen molar-refractivity contribution < 1.29 is 14.6 Å². The fraction of sp³-hybridized carbons (Fsp3) is 0.364. The third-order valence-corrected chi connectivity index (χ3v) is 3.09. The fourth-order valence-electron chi connectivity index (χ4n) is 1.96. The maximum absolute atomic E-state index is 10.9. The number of rotatable bonds is 2. The maximum atomic E-state index is 10.9. The molecule has 2 rings (SSSR count). The van der Waals surface area contributed by atoms with Gasteiger partial charge in [0, 0.05) is 11.5 Å². The van der Waals surface area contributed by atoms with Crippen LogP contribution in [0.25, 0.3) is 0 Å². The van der Waals surface area contributed by atoms with Gasteiger partial charge in [0.25, 0.3) is 0 Å². The van der Waals surface area contributed by atoms with Crippen molar-refractivity contribution in [2.24, 2.45) is 5.73 Å². The number of hydrogen-bond acceptors (Lipinski definition) is 3.